The average Bonchev–Trinajstić information content (AvgIpc) is 3.52. The molecule has 0 radical (unpaired) electrons. The number of allylic oxidation sites excluding steroid dienone is 2. The number of fused-ring (bicyclic) bond motifs is 7. The van der Waals surface area contributed by atoms with E-state index in [-0.39, 0.29) is 45.3 Å². The van der Waals surface area contributed by atoms with Gasteiger partial charge in [-0.15, -0.1) is 0 Å². The van der Waals surface area contributed by atoms with Crippen molar-refractivity contribution in [3.8, 4) is 0 Å². The lowest BCUT2D eigenvalue weighted by Crippen LogP contribution is -2.68. The molecule has 0 aromatic heterocycles. The minimum absolute atomic E-state index is 0.00155. The molecule has 302 valence electrons. The highest BCUT2D eigenvalue weighted by Gasteiger charge is 2.70. The third kappa shape index (κ3) is 6.46. The van der Waals surface area contributed by atoms with Gasteiger partial charge in [0.15, 0.2) is 0 Å². The number of carbonyl (C=O) groups excluding carboxylic acids is 2. The molecule has 1 amide bonds. The summed E-state index contributed by atoms with van der Waals surface area (Å²) in [5, 5.41) is 7.43. The summed E-state index contributed by atoms with van der Waals surface area (Å²) >= 11 is 0. The van der Waals surface area contributed by atoms with Crippen LogP contribution in [0.2, 0.25) is 0 Å². The monoisotopic (exact) mass is 767 g/mol. The number of carbonyl (C=O) groups is 2. The Morgan fingerprint density at radius 2 is 1.59 bits per heavy atom. The molecule has 5 aliphatic carbocycles. The topological polar surface area (TPSA) is 120 Å². The zero-order valence-corrected chi connectivity index (χ0v) is 35.2. The van der Waals surface area contributed by atoms with Gasteiger partial charge in [0.2, 0.25) is 0 Å². The van der Waals surface area contributed by atoms with Crippen LogP contribution in [0.1, 0.15) is 115 Å². The lowest BCUT2D eigenvalue weighted by molar-refractivity contribution is -0.221. The van der Waals surface area contributed by atoms with Crippen LogP contribution in [0.3, 0.4) is 0 Å². The van der Waals surface area contributed by atoms with Crippen molar-refractivity contribution >= 4 is 28.2 Å². The number of ether oxygens (including phenoxy) is 2. The smallest absolute Gasteiger partial charge is 0.407 e. The number of amides is 1. The molecule has 4 saturated carbocycles. The number of hydrogen-bond donors (Lipinski definition) is 4. The summed E-state index contributed by atoms with van der Waals surface area (Å²) in [5.41, 5.74) is 3.85. The van der Waals surface area contributed by atoms with E-state index in [9.17, 15) is 18.7 Å². The summed E-state index contributed by atoms with van der Waals surface area (Å²) < 4.78 is 30.4. The van der Waals surface area contributed by atoms with Crippen LogP contribution in [0, 0.1) is 51.2 Å². The van der Waals surface area contributed by atoms with Gasteiger partial charge in [0.25, 0.3) is 0 Å². The van der Waals surface area contributed by atoms with E-state index in [1.807, 2.05) is 12.1 Å². The molecule has 0 spiro atoms. The predicted molar refractivity (Wildman–Crippen MR) is 218 cm³/mol. The van der Waals surface area contributed by atoms with Crippen molar-refractivity contribution < 1.29 is 28.2 Å². The maximum atomic E-state index is 12.6. The standard InChI is InChI=1S/C44H69N3O6S/c1-29(46-39(49)53-8)32-15-20-44(45-23-24-47-25-27-54(50,51)28-26-47)22-21-42(5)34(37(32)44)13-14-36-41(4)18-16-33(30-9-11-31(12-10-30)38(48)52-7)40(2,3)35(41)17-19-43(36,42)6/h9-12,16,29,32,34-37,45,50-51H,13-15,17-28H2,1-8H3,(H,46,49)/t29?,32-,34+,35-,36+,37+,41-,42+,43+,44-/m0/s1. The second kappa shape index (κ2) is 14.4. The molecular weight excluding hydrogens is 699 g/mol. The minimum Gasteiger partial charge on any atom is -0.465 e. The van der Waals surface area contributed by atoms with Gasteiger partial charge < -0.3 is 20.1 Å². The molecule has 9 nitrogen and oxygen atoms in total. The average molecular weight is 768 g/mol. The maximum Gasteiger partial charge on any atom is 0.407 e. The molecule has 7 rings (SSSR count). The largest absolute Gasteiger partial charge is 0.465 e. The molecule has 5 fully saturated rings. The first-order valence-electron chi connectivity index (χ1n) is 20.9. The summed E-state index contributed by atoms with van der Waals surface area (Å²) in [6.45, 7) is 18.5. The van der Waals surface area contributed by atoms with Crippen LogP contribution < -0.4 is 10.6 Å². The molecular formula is C44H69N3O6S. The number of hydrogen-bond acceptors (Lipinski definition) is 8. The Morgan fingerprint density at radius 3 is 2.26 bits per heavy atom. The number of methoxy groups -OCH3 is 2. The molecule has 4 N–H and O–H groups in total. The molecule has 1 unspecified atom stereocenters. The molecule has 54 heavy (non-hydrogen) atoms. The minimum atomic E-state index is -2.40. The van der Waals surface area contributed by atoms with Gasteiger partial charge in [-0.2, -0.15) is 10.6 Å². The lowest BCUT2D eigenvalue weighted by Gasteiger charge is -2.72. The van der Waals surface area contributed by atoms with Crippen molar-refractivity contribution in [2.45, 2.75) is 111 Å². The van der Waals surface area contributed by atoms with E-state index in [0.29, 0.717) is 46.7 Å². The molecule has 10 atom stereocenters. The quantitative estimate of drug-likeness (QED) is 0.194. The van der Waals surface area contributed by atoms with E-state index in [2.05, 4.69) is 75.3 Å². The van der Waals surface area contributed by atoms with E-state index in [1.54, 1.807) is 0 Å². The summed E-state index contributed by atoms with van der Waals surface area (Å²) in [7, 11) is 0.492. The van der Waals surface area contributed by atoms with E-state index >= 15 is 0 Å². The summed E-state index contributed by atoms with van der Waals surface area (Å²) in [6, 6.07) is 8.07. The van der Waals surface area contributed by atoms with Crippen molar-refractivity contribution in [2.24, 2.45) is 51.2 Å². The van der Waals surface area contributed by atoms with E-state index in [4.69, 9.17) is 9.47 Å². The van der Waals surface area contributed by atoms with Crippen LogP contribution in [-0.2, 0) is 9.47 Å². The van der Waals surface area contributed by atoms with Crippen molar-refractivity contribution in [1.82, 2.24) is 15.5 Å². The number of nitrogens with zero attached hydrogens (tertiary/aromatic N) is 1. The van der Waals surface area contributed by atoms with Crippen molar-refractivity contribution in [3.63, 3.8) is 0 Å². The van der Waals surface area contributed by atoms with E-state index in [0.717, 1.165) is 51.9 Å². The van der Waals surface area contributed by atoms with Crippen molar-refractivity contribution in [3.05, 3.63) is 41.5 Å². The molecule has 0 bridgehead atoms. The zero-order valence-electron chi connectivity index (χ0n) is 34.3. The second-order valence-corrected chi connectivity index (χ2v) is 22.0. The highest BCUT2D eigenvalue weighted by Crippen LogP contribution is 2.76. The third-order valence-electron chi connectivity index (χ3n) is 17.2. The second-order valence-electron chi connectivity index (χ2n) is 19.6. The SMILES string of the molecule is COC(=O)NC(C)[C@@H]1CC[C@]2(NCCN3CCS(O)(O)CC3)CC[C@]3(C)[C@H](CC[C@@H]4[C@@]5(C)CC=C(c6ccc(C(=O)OC)cc6)C(C)(C)[C@@H]5CC[C@]43C)[C@@H]12. The predicted octanol–water partition coefficient (Wildman–Crippen LogP) is 8.70. The molecule has 1 heterocycles. The molecule has 1 aliphatic heterocycles. The molecule has 6 aliphatic rings. The normalized spacial score (nSPS) is 40.8. The summed E-state index contributed by atoms with van der Waals surface area (Å²) in [6.07, 6.45) is 12.8. The number of esters is 1. The highest BCUT2D eigenvalue weighted by atomic mass is 32.3. The van der Waals surface area contributed by atoms with Crippen LogP contribution >= 0.6 is 10.6 Å². The van der Waals surface area contributed by atoms with Gasteiger partial charge in [0, 0.05) is 37.8 Å². The fourth-order valence-electron chi connectivity index (χ4n) is 14.3. The zero-order chi connectivity index (χ0) is 38.9. The van der Waals surface area contributed by atoms with Crippen LogP contribution in [0.5, 0.6) is 0 Å². The number of nitrogens with one attached hydrogen (secondary N) is 2. The van der Waals surface area contributed by atoms with Gasteiger partial charge in [0.05, 0.1) is 31.3 Å². The Labute approximate surface area is 326 Å². The number of rotatable bonds is 8. The fourth-order valence-corrected chi connectivity index (χ4v) is 15.6. The van der Waals surface area contributed by atoms with Crippen LogP contribution in [0.4, 0.5) is 4.79 Å². The highest BCUT2D eigenvalue weighted by molar-refractivity contribution is 8.24. The Bertz CT molecular complexity index is 1610. The van der Waals surface area contributed by atoms with Gasteiger partial charge in [-0.05, 0) is 139 Å². The Morgan fingerprint density at radius 1 is 0.889 bits per heavy atom. The molecule has 1 saturated heterocycles. The summed E-state index contributed by atoms with van der Waals surface area (Å²) in [4.78, 5) is 27.1. The molecule has 1 aromatic rings. The lowest BCUT2D eigenvalue weighted by atomic mass is 9.33. The Balaban J connectivity index is 1.16. The van der Waals surface area contributed by atoms with Gasteiger partial charge in [0.1, 0.15) is 0 Å². The summed E-state index contributed by atoms with van der Waals surface area (Å²) in [5.74, 6) is 3.26. The molecule has 10 heteroatoms. The van der Waals surface area contributed by atoms with Gasteiger partial charge in [-0.25, -0.2) is 9.59 Å². The van der Waals surface area contributed by atoms with Gasteiger partial charge >= 0.3 is 12.1 Å². The van der Waals surface area contributed by atoms with E-state index < -0.39 is 10.6 Å². The first-order chi connectivity index (χ1) is 25.4. The van der Waals surface area contributed by atoms with Crippen LogP contribution in [0.15, 0.2) is 30.3 Å². The number of alkyl carbamates (subject to hydrolysis) is 1. The third-order valence-corrected chi connectivity index (χ3v) is 18.9. The van der Waals surface area contributed by atoms with Gasteiger partial charge in [-0.3, -0.25) is 14.0 Å². The van der Waals surface area contributed by atoms with Crippen LogP contribution in [-0.4, -0.2) is 89.6 Å². The van der Waals surface area contributed by atoms with E-state index in [1.165, 1.54) is 57.5 Å². The Hall–Kier alpha value is -2.11. The first kappa shape index (κ1) is 40.1. The number of benzene rings is 1. The Kier molecular flexibility index (Phi) is 10.7. The first-order valence-corrected chi connectivity index (χ1v) is 22.8. The van der Waals surface area contributed by atoms with Crippen molar-refractivity contribution in [2.75, 3.05) is 51.9 Å². The van der Waals surface area contributed by atoms with Crippen LogP contribution in [0.25, 0.3) is 5.57 Å². The fraction of sp³-hybridized carbons (Fsp3) is 0.773. The molecule has 1 aromatic carbocycles. The van der Waals surface area contributed by atoms with Crippen molar-refractivity contribution in [1.29, 1.82) is 0 Å². The van der Waals surface area contributed by atoms with Gasteiger partial charge in [-0.1, -0.05) is 52.8 Å². The maximum absolute atomic E-state index is 12.6.